The van der Waals surface area contributed by atoms with Crippen molar-refractivity contribution < 1.29 is 17.9 Å². The van der Waals surface area contributed by atoms with Gasteiger partial charge in [0.2, 0.25) is 21.7 Å². The molecule has 1 saturated heterocycles. The molecule has 0 N–H and O–H groups in total. The van der Waals surface area contributed by atoms with Crippen molar-refractivity contribution in [1.82, 2.24) is 14.1 Å². The number of benzene rings is 2. The summed E-state index contributed by atoms with van der Waals surface area (Å²) in [5.74, 6) is 0.319. The van der Waals surface area contributed by atoms with E-state index in [0.717, 1.165) is 25.7 Å². The normalized spacial score (nSPS) is 17.2. The molecule has 0 bridgehead atoms. The van der Waals surface area contributed by atoms with Crippen molar-refractivity contribution in [1.29, 1.82) is 0 Å². The second-order valence-electron chi connectivity index (χ2n) is 9.15. The molecule has 0 radical (unpaired) electrons. The smallest absolute Gasteiger partial charge is 0.316 e. The van der Waals surface area contributed by atoms with E-state index in [4.69, 9.17) is 21.1 Å². The number of para-hydroxylation sites is 1. The number of hydrogen-bond donors (Lipinski definition) is 0. The topological polar surface area (TPSA) is 94.0 Å². The van der Waals surface area contributed by atoms with Crippen LogP contribution in [-0.4, -0.2) is 60.7 Å². The van der Waals surface area contributed by atoms with Crippen molar-refractivity contribution in [2.24, 2.45) is 0 Å². The Labute approximate surface area is 221 Å². The standard InChI is InChI=1S/C26H29ClN4O5S/c27-20-7-6-8-21(17-20)31-26(32)25(36-23-11-4-5-12-23)24(18-28-31)29-13-15-30(16-14-29)37(33,34)19-35-22-9-2-1-3-10-22/h1-3,6-10,17-18,23H,4-5,11-16,19H2. The largest absolute Gasteiger partial charge is 0.483 e. The molecule has 3 aromatic rings. The average Bonchev–Trinajstić information content (AvgIpc) is 3.43. The van der Waals surface area contributed by atoms with Crippen molar-refractivity contribution in [2.45, 2.75) is 31.8 Å². The lowest BCUT2D eigenvalue weighted by atomic mass is 10.2. The SMILES string of the molecule is O=c1c(OC2CCCC2)c(N2CCN(S(=O)(=O)COc3ccccc3)CC2)cnn1-c1cccc(Cl)c1. The lowest BCUT2D eigenvalue weighted by Gasteiger charge is -2.35. The minimum absolute atomic E-state index is 0.0292. The summed E-state index contributed by atoms with van der Waals surface area (Å²) in [6, 6.07) is 15.8. The van der Waals surface area contributed by atoms with Gasteiger partial charge in [-0.2, -0.15) is 14.1 Å². The van der Waals surface area contributed by atoms with Gasteiger partial charge in [-0.05, 0) is 56.0 Å². The summed E-state index contributed by atoms with van der Waals surface area (Å²) in [5.41, 5.74) is 0.764. The van der Waals surface area contributed by atoms with Crippen molar-refractivity contribution >= 4 is 27.3 Å². The predicted octanol–water partition coefficient (Wildman–Crippen LogP) is 3.70. The molecule has 37 heavy (non-hydrogen) atoms. The highest BCUT2D eigenvalue weighted by Crippen LogP contribution is 2.30. The van der Waals surface area contributed by atoms with Crippen LogP contribution in [0.1, 0.15) is 25.7 Å². The van der Waals surface area contributed by atoms with Gasteiger partial charge in [0.1, 0.15) is 11.4 Å². The number of piperazine rings is 1. The Morgan fingerprint density at radius 3 is 2.41 bits per heavy atom. The third-order valence-electron chi connectivity index (χ3n) is 6.64. The Hall–Kier alpha value is -3.08. The zero-order valence-corrected chi connectivity index (χ0v) is 21.9. The van der Waals surface area contributed by atoms with E-state index in [0.29, 0.717) is 35.2 Å². The highest BCUT2D eigenvalue weighted by atomic mass is 35.5. The molecule has 0 amide bonds. The van der Waals surface area contributed by atoms with Gasteiger partial charge in [-0.15, -0.1) is 0 Å². The minimum Gasteiger partial charge on any atom is -0.483 e. The first-order valence-corrected chi connectivity index (χ1v) is 14.3. The van der Waals surface area contributed by atoms with Crippen LogP contribution in [-0.2, 0) is 10.0 Å². The van der Waals surface area contributed by atoms with Crippen molar-refractivity contribution in [3.8, 4) is 17.2 Å². The van der Waals surface area contributed by atoms with Gasteiger partial charge in [0, 0.05) is 31.2 Å². The van der Waals surface area contributed by atoms with Crippen LogP contribution in [0.15, 0.2) is 65.6 Å². The van der Waals surface area contributed by atoms with E-state index in [9.17, 15) is 13.2 Å². The molecule has 1 saturated carbocycles. The Balaban J connectivity index is 1.34. The number of halogens is 1. The lowest BCUT2D eigenvalue weighted by molar-refractivity contribution is 0.205. The van der Waals surface area contributed by atoms with E-state index in [1.807, 2.05) is 11.0 Å². The first-order valence-electron chi connectivity index (χ1n) is 12.4. The van der Waals surface area contributed by atoms with Gasteiger partial charge >= 0.3 is 5.56 Å². The third-order valence-corrected chi connectivity index (χ3v) is 8.45. The molecule has 196 valence electrons. The van der Waals surface area contributed by atoms with E-state index in [2.05, 4.69) is 5.10 Å². The molecule has 0 atom stereocenters. The summed E-state index contributed by atoms with van der Waals surface area (Å²) in [6.07, 6.45) is 5.51. The molecule has 5 rings (SSSR count). The fourth-order valence-corrected chi connectivity index (χ4v) is 6.01. The number of sulfonamides is 1. The highest BCUT2D eigenvalue weighted by molar-refractivity contribution is 7.88. The summed E-state index contributed by atoms with van der Waals surface area (Å²) in [5, 5.41) is 4.90. The zero-order chi connectivity index (χ0) is 25.8. The van der Waals surface area contributed by atoms with E-state index < -0.39 is 16.0 Å². The van der Waals surface area contributed by atoms with Gasteiger partial charge in [0.25, 0.3) is 0 Å². The van der Waals surface area contributed by atoms with Crippen LogP contribution in [0.5, 0.6) is 11.5 Å². The molecule has 0 unspecified atom stereocenters. The number of ether oxygens (including phenoxy) is 2. The van der Waals surface area contributed by atoms with Crippen LogP contribution in [0, 0.1) is 0 Å². The zero-order valence-electron chi connectivity index (χ0n) is 20.3. The van der Waals surface area contributed by atoms with Crippen LogP contribution < -0.4 is 19.9 Å². The molecule has 2 aliphatic rings. The highest BCUT2D eigenvalue weighted by Gasteiger charge is 2.31. The minimum atomic E-state index is -3.61. The molecule has 2 fully saturated rings. The molecule has 1 aliphatic carbocycles. The Bertz CT molecular complexity index is 1390. The monoisotopic (exact) mass is 544 g/mol. The fourth-order valence-electron chi connectivity index (χ4n) is 4.67. The number of anilines is 1. The molecule has 1 aromatic heterocycles. The number of hydrogen-bond acceptors (Lipinski definition) is 7. The van der Waals surface area contributed by atoms with Gasteiger partial charge in [0.05, 0.1) is 18.0 Å². The number of aromatic nitrogens is 2. The van der Waals surface area contributed by atoms with Crippen LogP contribution in [0.3, 0.4) is 0 Å². The molecular formula is C26H29ClN4O5S. The summed E-state index contributed by atoms with van der Waals surface area (Å²) in [7, 11) is -3.61. The molecule has 2 heterocycles. The summed E-state index contributed by atoms with van der Waals surface area (Å²) in [4.78, 5) is 15.5. The summed E-state index contributed by atoms with van der Waals surface area (Å²) >= 11 is 6.14. The lowest BCUT2D eigenvalue weighted by Crippen LogP contribution is -2.50. The van der Waals surface area contributed by atoms with E-state index in [1.54, 1.807) is 54.7 Å². The molecule has 0 spiro atoms. The van der Waals surface area contributed by atoms with Crippen molar-refractivity contribution in [2.75, 3.05) is 37.0 Å². The van der Waals surface area contributed by atoms with Crippen LogP contribution in [0.25, 0.3) is 5.69 Å². The Kier molecular flexibility index (Phi) is 7.68. The summed E-state index contributed by atoms with van der Waals surface area (Å²) in [6.45, 7) is 1.32. The third kappa shape index (κ3) is 5.92. The van der Waals surface area contributed by atoms with Gasteiger partial charge < -0.3 is 14.4 Å². The average molecular weight is 545 g/mol. The Morgan fingerprint density at radius 1 is 0.973 bits per heavy atom. The number of nitrogens with zero attached hydrogens (tertiary/aromatic N) is 4. The Morgan fingerprint density at radius 2 is 1.70 bits per heavy atom. The van der Waals surface area contributed by atoms with Crippen LogP contribution in [0.2, 0.25) is 5.02 Å². The molecule has 9 nitrogen and oxygen atoms in total. The van der Waals surface area contributed by atoms with Gasteiger partial charge in [-0.1, -0.05) is 35.9 Å². The van der Waals surface area contributed by atoms with Gasteiger partial charge in [-0.3, -0.25) is 4.79 Å². The van der Waals surface area contributed by atoms with Crippen molar-refractivity contribution in [3.63, 3.8) is 0 Å². The van der Waals surface area contributed by atoms with E-state index >= 15 is 0 Å². The maximum Gasteiger partial charge on any atom is 0.316 e. The second kappa shape index (κ2) is 11.1. The molecular weight excluding hydrogens is 516 g/mol. The van der Waals surface area contributed by atoms with Crippen LogP contribution in [0.4, 0.5) is 5.69 Å². The maximum absolute atomic E-state index is 13.6. The molecule has 2 aromatic carbocycles. The molecule has 11 heteroatoms. The second-order valence-corrected chi connectivity index (χ2v) is 11.5. The summed E-state index contributed by atoms with van der Waals surface area (Å²) < 4.78 is 40.2. The van der Waals surface area contributed by atoms with E-state index in [-0.39, 0.29) is 30.5 Å². The van der Waals surface area contributed by atoms with Gasteiger partial charge in [-0.25, -0.2) is 8.42 Å². The number of rotatable bonds is 8. The van der Waals surface area contributed by atoms with Crippen LogP contribution >= 0.6 is 11.6 Å². The molecule has 1 aliphatic heterocycles. The first-order chi connectivity index (χ1) is 17.9. The fraction of sp³-hybridized carbons (Fsp3) is 0.385. The quantitative estimate of drug-likeness (QED) is 0.427. The van der Waals surface area contributed by atoms with Crippen molar-refractivity contribution in [3.05, 3.63) is 76.2 Å². The predicted molar refractivity (Wildman–Crippen MR) is 142 cm³/mol. The first kappa shape index (κ1) is 25.6. The van der Waals surface area contributed by atoms with E-state index in [1.165, 1.54) is 8.99 Å². The maximum atomic E-state index is 13.6. The van der Waals surface area contributed by atoms with Gasteiger partial charge in [0.15, 0.2) is 0 Å².